The molecular formula is C15H17ClN4S. The number of fused-ring (bicyclic) bond motifs is 1. The third kappa shape index (κ3) is 2.56. The summed E-state index contributed by atoms with van der Waals surface area (Å²) in [7, 11) is 0. The van der Waals surface area contributed by atoms with E-state index in [4.69, 9.17) is 11.6 Å². The number of aromatic nitrogens is 4. The highest BCUT2D eigenvalue weighted by Crippen LogP contribution is 2.31. The third-order valence-electron chi connectivity index (χ3n) is 3.43. The van der Waals surface area contributed by atoms with Crippen LogP contribution < -0.4 is 0 Å². The van der Waals surface area contributed by atoms with E-state index in [1.165, 1.54) is 4.88 Å². The number of thiazole rings is 1. The topological polar surface area (TPSA) is 43.6 Å². The first-order valence-corrected chi connectivity index (χ1v) is 8.13. The average molecular weight is 321 g/mol. The molecule has 3 heterocycles. The lowest BCUT2D eigenvalue weighted by Crippen LogP contribution is -2.11. The molecule has 0 amide bonds. The van der Waals surface area contributed by atoms with Gasteiger partial charge in [-0.2, -0.15) is 0 Å². The van der Waals surface area contributed by atoms with Crippen molar-refractivity contribution in [1.82, 2.24) is 19.5 Å². The lowest BCUT2D eigenvalue weighted by Gasteiger charge is -2.15. The number of halogens is 1. The molecule has 0 bridgehead atoms. The number of pyridine rings is 1. The molecule has 3 rings (SSSR count). The Morgan fingerprint density at radius 2 is 1.95 bits per heavy atom. The Labute approximate surface area is 132 Å². The molecule has 0 spiro atoms. The van der Waals surface area contributed by atoms with Crippen LogP contribution in [0.1, 0.15) is 46.5 Å². The molecule has 0 aliphatic rings. The lowest BCUT2D eigenvalue weighted by atomic mass is 10.3. The summed E-state index contributed by atoms with van der Waals surface area (Å²) >= 11 is 8.02. The number of nitrogens with zero attached hydrogens (tertiary/aromatic N) is 4. The maximum absolute atomic E-state index is 6.33. The number of imidazole rings is 1. The zero-order valence-corrected chi connectivity index (χ0v) is 14.0. The third-order valence-corrected chi connectivity index (χ3v) is 4.71. The van der Waals surface area contributed by atoms with Gasteiger partial charge in [0.1, 0.15) is 16.3 Å². The van der Waals surface area contributed by atoms with Crippen molar-refractivity contribution in [2.24, 2.45) is 0 Å². The standard InChI is InChI=1S/C15H17ClN4S/c1-8-5-12-14(17-6-8)20(13(19-12)10(3)16)11(4)15-18-7-9(2)21-15/h5-7,10-11H,1-4H3. The second-order valence-corrected chi connectivity index (χ2v) is 7.22. The van der Waals surface area contributed by atoms with Crippen LogP contribution in [-0.4, -0.2) is 19.5 Å². The summed E-state index contributed by atoms with van der Waals surface area (Å²) in [5.41, 5.74) is 2.85. The van der Waals surface area contributed by atoms with Gasteiger partial charge in [0.25, 0.3) is 0 Å². The first-order chi connectivity index (χ1) is 9.97. The summed E-state index contributed by atoms with van der Waals surface area (Å²) in [6, 6.07) is 2.11. The van der Waals surface area contributed by atoms with E-state index in [1.54, 1.807) is 11.3 Å². The van der Waals surface area contributed by atoms with Gasteiger partial charge in [-0.1, -0.05) is 0 Å². The minimum absolute atomic E-state index is 0.0695. The van der Waals surface area contributed by atoms with Gasteiger partial charge in [-0.25, -0.2) is 15.0 Å². The van der Waals surface area contributed by atoms with Crippen LogP contribution in [0.2, 0.25) is 0 Å². The molecule has 0 aromatic carbocycles. The molecule has 0 aliphatic heterocycles. The van der Waals surface area contributed by atoms with E-state index in [2.05, 4.69) is 33.4 Å². The van der Waals surface area contributed by atoms with E-state index in [-0.39, 0.29) is 11.4 Å². The van der Waals surface area contributed by atoms with Crippen molar-refractivity contribution < 1.29 is 0 Å². The molecule has 110 valence electrons. The van der Waals surface area contributed by atoms with Crippen LogP contribution >= 0.6 is 22.9 Å². The number of hydrogen-bond donors (Lipinski definition) is 0. The molecule has 0 N–H and O–H groups in total. The first-order valence-electron chi connectivity index (χ1n) is 6.88. The van der Waals surface area contributed by atoms with Crippen molar-refractivity contribution in [3.63, 3.8) is 0 Å². The second kappa shape index (κ2) is 5.39. The van der Waals surface area contributed by atoms with Crippen molar-refractivity contribution in [3.05, 3.63) is 39.7 Å². The zero-order valence-electron chi connectivity index (χ0n) is 12.5. The average Bonchev–Trinajstić information content (AvgIpc) is 3.01. The maximum Gasteiger partial charge on any atom is 0.160 e. The predicted molar refractivity (Wildman–Crippen MR) is 87.2 cm³/mol. The van der Waals surface area contributed by atoms with Crippen molar-refractivity contribution in [1.29, 1.82) is 0 Å². The second-order valence-electron chi connectivity index (χ2n) is 5.30. The molecule has 4 nitrogen and oxygen atoms in total. The van der Waals surface area contributed by atoms with Crippen LogP contribution in [0.3, 0.4) is 0 Å². The van der Waals surface area contributed by atoms with Gasteiger partial charge in [-0.3, -0.25) is 0 Å². The van der Waals surface area contributed by atoms with Crippen LogP contribution in [-0.2, 0) is 0 Å². The molecule has 0 aliphatic carbocycles. The largest absolute Gasteiger partial charge is 0.302 e. The molecule has 6 heteroatoms. The Kier molecular flexibility index (Phi) is 3.71. The molecule has 21 heavy (non-hydrogen) atoms. The highest BCUT2D eigenvalue weighted by molar-refractivity contribution is 7.11. The predicted octanol–water partition coefficient (Wildman–Crippen LogP) is 4.41. The van der Waals surface area contributed by atoms with Crippen LogP contribution in [0, 0.1) is 13.8 Å². The molecule has 0 saturated heterocycles. The summed E-state index contributed by atoms with van der Waals surface area (Å²) in [6.45, 7) is 8.13. The fourth-order valence-electron chi connectivity index (χ4n) is 2.44. The van der Waals surface area contributed by atoms with E-state index < -0.39 is 0 Å². The number of aryl methyl sites for hydroxylation is 2. The van der Waals surface area contributed by atoms with Gasteiger partial charge in [-0.05, 0) is 39.3 Å². The van der Waals surface area contributed by atoms with E-state index >= 15 is 0 Å². The molecular weight excluding hydrogens is 304 g/mol. The number of hydrogen-bond acceptors (Lipinski definition) is 4. The van der Waals surface area contributed by atoms with E-state index in [0.717, 1.165) is 27.6 Å². The van der Waals surface area contributed by atoms with E-state index in [0.29, 0.717) is 0 Å². The first kappa shape index (κ1) is 14.5. The Bertz CT molecular complexity index is 790. The molecule has 3 aromatic heterocycles. The molecule has 0 saturated carbocycles. The summed E-state index contributed by atoms with van der Waals surface area (Å²) in [4.78, 5) is 14.9. The molecule has 3 aromatic rings. The fourth-order valence-corrected chi connectivity index (χ4v) is 3.41. The molecule has 2 unspecified atom stereocenters. The van der Waals surface area contributed by atoms with Crippen LogP contribution in [0.5, 0.6) is 0 Å². The van der Waals surface area contributed by atoms with Crippen molar-refractivity contribution in [2.75, 3.05) is 0 Å². The highest BCUT2D eigenvalue weighted by Gasteiger charge is 2.22. The summed E-state index contributed by atoms with van der Waals surface area (Å²) in [6.07, 6.45) is 3.76. The smallest absolute Gasteiger partial charge is 0.160 e. The summed E-state index contributed by atoms with van der Waals surface area (Å²) in [5, 5.41) is 0.871. The Morgan fingerprint density at radius 1 is 1.19 bits per heavy atom. The lowest BCUT2D eigenvalue weighted by molar-refractivity contribution is 0.610. The fraction of sp³-hybridized carbons (Fsp3) is 0.400. The van der Waals surface area contributed by atoms with Crippen molar-refractivity contribution in [3.8, 4) is 0 Å². The summed E-state index contributed by atoms with van der Waals surface area (Å²) < 4.78 is 2.10. The van der Waals surface area contributed by atoms with E-state index in [1.807, 2.05) is 32.3 Å². The Hall–Kier alpha value is -1.46. The monoisotopic (exact) mass is 320 g/mol. The molecule has 2 atom stereocenters. The number of rotatable bonds is 3. The maximum atomic E-state index is 6.33. The van der Waals surface area contributed by atoms with Gasteiger partial charge in [0, 0.05) is 17.3 Å². The molecule has 0 fully saturated rings. The highest BCUT2D eigenvalue weighted by atomic mass is 35.5. The van der Waals surface area contributed by atoms with Gasteiger partial charge < -0.3 is 4.57 Å². The summed E-state index contributed by atoms with van der Waals surface area (Å²) in [5.74, 6) is 0.838. The molecule has 0 radical (unpaired) electrons. The minimum Gasteiger partial charge on any atom is -0.302 e. The van der Waals surface area contributed by atoms with Crippen LogP contribution in [0.15, 0.2) is 18.5 Å². The Morgan fingerprint density at radius 3 is 2.57 bits per heavy atom. The van der Waals surface area contributed by atoms with Gasteiger partial charge in [0.05, 0.1) is 11.4 Å². The van der Waals surface area contributed by atoms with Gasteiger partial charge in [-0.15, -0.1) is 22.9 Å². The van der Waals surface area contributed by atoms with Crippen LogP contribution in [0.25, 0.3) is 11.2 Å². The normalized spacial score (nSPS) is 14.5. The minimum atomic E-state index is -0.178. The van der Waals surface area contributed by atoms with Crippen molar-refractivity contribution >= 4 is 34.1 Å². The Balaban J connectivity index is 2.21. The van der Waals surface area contributed by atoms with E-state index in [9.17, 15) is 0 Å². The van der Waals surface area contributed by atoms with Gasteiger partial charge in [0.15, 0.2) is 5.65 Å². The zero-order chi connectivity index (χ0) is 15.1. The van der Waals surface area contributed by atoms with Crippen LogP contribution in [0.4, 0.5) is 0 Å². The SMILES string of the molecule is Cc1cnc2c(c1)nc(C(C)Cl)n2C(C)c1ncc(C)s1. The van der Waals surface area contributed by atoms with Gasteiger partial charge in [0.2, 0.25) is 0 Å². The van der Waals surface area contributed by atoms with Gasteiger partial charge >= 0.3 is 0 Å². The quantitative estimate of drug-likeness (QED) is 0.671. The van der Waals surface area contributed by atoms with Crippen molar-refractivity contribution in [2.45, 2.75) is 39.1 Å². The number of alkyl halides is 1.